The predicted molar refractivity (Wildman–Crippen MR) is 141 cm³/mol. The minimum atomic E-state index is -3.37. The topological polar surface area (TPSA) is 85.8 Å². The van der Waals surface area contributed by atoms with Crippen LogP contribution in [0.3, 0.4) is 0 Å². The lowest BCUT2D eigenvalue weighted by Gasteiger charge is -2.33. The number of piperidine rings is 1. The van der Waals surface area contributed by atoms with E-state index in [1.54, 1.807) is 11.3 Å². The summed E-state index contributed by atoms with van der Waals surface area (Å²) in [5.74, 6) is 0.651. The van der Waals surface area contributed by atoms with E-state index in [1.165, 1.54) is 5.00 Å². The highest BCUT2D eigenvalue weighted by atomic mass is 127. The molecule has 2 heterocycles. The van der Waals surface area contributed by atoms with Crippen LogP contribution in [0.15, 0.2) is 52.8 Å². The number of guanidine groups is 1. The lowest BCUT2D eigenvalue weighted by Crippen LogP contribution is -2.48. The molecule has 2 aromatic rings. The molecule has 7 nitrogen and oxygen atoms in total. The van der Waals surface area contributed by atoms with E-state index in [1.807, 2.05) is 37.3 Å². The van der Waals surface area contributed by atoms with Gasteiger partial charge in [0.15, 0.2) is 5.96 Å². The number of thiophene rings is 1. The van der Waals surface area contributed by atoms with Gasteiger partial charge >= 0.3 is 0 Å². The van der Waals surface area contributed by atoms with Crippen molar-refractivity contribution in [2.45, 2.75) is 32.4 Å². The number of rotatable bonds is 9. The standard InChI is InChI=1S/C21H31N5O2S2.HI/c1-2-22-21(25-19-10-13-26(14-11-19)20-9-6-15-29-20)23-12-16-30(27,28)24-17-18-7-4-3-5-8-18;/h3-9,15,19,24H,2,10-14,16-17H2,1H3,(H2,22,23,25);1H. The maximum Gasteiger partial charge on any atom is 0.213 e. The molecule has 0 spiro atoms. The van der Waals surface area contributed by atoms with Gasteiger partial charge in [-0.3, -0.25) is 4.99 Å². The largest absolute Gasteiger partial charge is 0.363 e. The molecule has 0 aliphatic carbocycles. The normalized spacial score (nSPS) is 15.4. The van der Waals surface area contributed by atoms with Crippen LogP contribution >= 0.6 is 35.3 Å². The first kappa shape index (κ1) is 25.9. The van der Waals surface area contributed by atoms with Crippen molar-refractivity contribution < 1.29 is 8.42 Å². The van der Waals surface area contributed by atoms with Gasteiger partial charge in [-0.2, -0.15) is 0 Å². The molecule has 0 atom stereocenters. The highest BCUT2D eigenvalue weighted by Crippen LogP contribution is 2.24. The number of anilines is 1. The Hall–Kier alpha value is -1.37. The van der Waals surface area contributed by atoms with Gasteiger partial charge in [-0.15, -0.1) is 35.3 Å². The lowest BCUT2D eigenvalue weighted by atomic mass is 10.1. The molecular formula is C21H32IN5O2S2. The Labute approximate surface area is 206 Å². The molecule has 0 amide bonds. The van der Waals surface area contributed by atoms with Gasteiger partial charge in [0.05, 0.1) is 17.3 Å². The van der Waals surface area contributed by atoms with Gasteiger partial charge in [-0.1, -0.05) is 30.3 Å². The van der Waals surface area contributed by atoms with Crippen LogP contribution in [-0.4, -0.2) is 52.4 Å². The Morgan fingerprint density at radius 2 is 1.90 bits per heavy atom. The van der Waals surface area contributed by atoms with Gasteiger partial charge < -0.3 is 15.5 Å². The molecule has 1 fully saturated rings. The molecule has 0 saturated carbocycles. The van der Waals surface area contributed by atoms with Gasteiger partial charge in [0, 0.05) is 32.2 Å². The van der Waals surface area contributed by atoms with E-state index in [0.717, 1.165) is 38.0 Å². The van der Waals surface area contributed by atoms with Crippen LogP contribution in [0.25, 0.3) is 0 Å². The van der Waals surface area contributed by atoms with E-state index >= 15 is 0 Å². The number of sulfonamides is 1. The Kier molecular flexibility index (Phi) is 11.1. The van der Waals surface area contributed by atoms with E-state index < -0.39 is 10.0 Å². The van der Waals surface area contributed by atoms with Gasteiger partial charge in [0.1, 0.15) is 0 Å². The van der Waals surface area contributed by atoms with Crippen LogP contribution in [0, 0.1) is 0 Å². The summed E-state index contributed by atoms with van der Waals surface area (Å²) in [4.78, 5) is 6.89. The second kappa shape index (κ2) is 13.2. The molecular weight excluding hydrogens is 545 g/mol. The maximum absolute atomic E-state index is 12.3. The first-order chi connectivity index (χ1) is 14.6. The first-order valence-corrected chi connectivity index (χ1v) is 12.9. The zero-order valence-corrected chi connectivity index (χ0v) is 21.8. The molecule has 3 rings (SSSR count). The van der Waals surface area contributed by atoms with Crippen LogP contribution in [0.4, 0.5) is 5.00 Å². The van der Waals surface area contributed by atoms with Gasteiger partial charge in [-0.05, 0) is 42.8 Å². The summed E-state index contributed by atoms with van der Waals surface area (Å²) in [7, 11) is -3.37. The second-order valence-corrected chi connectivity index (χ2v) is 10.1. The number of aliphatic imine (C=N–C) groups is 1. The molecule has 0 bridgehead atoms. The highest BCUT2D eigenvalue weighted by molar-refractivity contribution is 14.0. The number of hydrogen-bond donors (Lipinski definition) is 3. The summed E-state index contributed by atoms with van der Waals surface area (Å²) < 4.78 is 27.2. The quantitative estimate of drug-likeness (QED) is 0.243. The number of halogens is 1. The molecule has 1 saturated heterocycles. The first-order valence-electron chi connectivity index (χ1n) is 10.4. The molecule has 1 aromatic carbocycles. The SMILES string of the molecule is CCNC(=NCCS(=O)(=O)NCc1ccccc1)NC1CCN(c2cccs2)CC1.I. The molecule has 31 heavy (non-hydrogen) atoms. The molecule has 10 heteroatoms. The summed E-state index contributed by atoms with van der Waals surface area (Å²) in [5, 5.41) is 10.1. The zero-order chi connectivity index (χ0) is 21.2. The van der Waals surface area contributed by atoms with Crippen LogP contribution < -0.4 is 20.3 Å². The minimum Gasteiger partial charge on any atom is -0.363 e. The molecule has 1 aromatic heterocycles. The van der Waals surface area contributed by atoms with E-state index in [4.69, 9.17) is 0 Å². The third-order valence-electron chi connectivity index (χ3n) is 4.97. The third-order valence-corrected chi connectivity index (χ3v) is 7.20. The van der Waals surface area contributed by atoms with Gasteiger partial charge in [0.2, 0.25) is 10.0 Å². The fourth-order valence-corrected chi connectivity index (χ4v) is 4.99. The van der Waals surface area contributed by atoms with Crippen molar-refractivity contribution in [1.29, 1.82) is 0 Å². The van der Waals surface area contributed by atoms with Crippen LogP contribution in [0.5, 0.6) is 0 Å². The van der Waals surface area contributed by atoms with Crippen molar-refractivity contribution in [3.8, 4) is 0 Å². The lowest BCUT2D eigenvalue weighted by molar-refractivity contribution is 0.463. The Morgan fingerprint density at radius 3 is 2.55 bits per heavy atom. The van der Waals surface area contributed by atoms with Gasteiger partial charge in [0.25, 0.3) is 0 Å². The Bertz CT molecular complexity index is 884. The molecule has 1 aliphatic rings. The molecule has 0 unspecified atom stereocenters. The fourth-order valence-electron chi connectivity index (χ4n) is 3.35. The number of nitrogens with one attached hydrogen (secondary N) is 3. The third kappa shape index (κ3) is 8.95. The second-order valence-electron chi connectivity index (χ2n) is 7.24. The van der Waals surface area contributed by atoms with E-state index in [2.05, 4.69) is 42.8 Å². The summed E-state index contributed by atoms with van der Waals surface area (Å²) in [6, 6.07) is 14.1. The van der Waals surface area contributed by atoms with Crippen molar-refractivity contribution in [1.82, 2.24) is 15.4 Å². The molecule has 172 valence electrons. The number of benzene rings is 1. The van der Waals surface area contributed by atoms with Crippen molar-refractivity contribution in [2.75, 3.05) is 36.8 Å². The fraction of sp³-hybridized carbons (Fsp3) is 0.476. The Morgan fingerprint density at radius 1 is 1.16 bits per heavy atom. The predicted octanol–water partition coefficient (Wildman–Crippen LogP) is 3.01. The highest BCUT2D eigenvalue weighted by Gasteiger charge is 2.20. The number of nitrogens with zero attached hydrogens (tertiary/aromatic N) is 2. The average Bonchev–Trinajstić information content (AvgIpc) is 3.29. The monoisotopic (exact) mass is 577 g/mol. The summed E-state index contributed by atoms with van der Waals surface area (Å²) in [6.07, 6.45) is 2.05. The Balaban J connectivity index is 0.00000341. The van der Waals surface area contributed by atoms with Crippen molar-refractivity contribution in [2.24, 2.45) is 4.99 Å². The van der Waals surface area contributed by atoms with Crippen LogP contribution in [0.1, 0.15) is 25.3 Å². The summed E-state index contributed by atoms with van der Waals surface area (Å²) in [6.45, 7) is 5.28. The maximum atomic E-state index is 12.3. The van der Waals surface area contributed by atoms with Crippen molar-refractivity contribution >= 4 is 56.3 Å². The van der Waals surface area contributed by atoms with Crippen LogP contribution in [0.2, 0.25) is 0 Å². The zero-order valence-electron chi connectivity index (χ0n) is 17.8. The van der Waals surface area contributed by atoms with Crippen molar-refractivity contribution in [3.05, 3.63) is 53.4 Å². The van der Waals surface area contributed by atoms with Crippen LogP contribution in [-0.2, 0) is 16.6 Å². The smallest absolute Gasteiger partial charge is 0.213 e. The van der Waals surface area contributed by atoms with E-state index in [0.29, 0.717) is 18.5 Å². The van der Waals surface area contributed by atoms with Gasteiger partial charge in [-0.25, -0.2) is 13.1 Å². The number of hydrogen-bond acceptors (Lipinski definition) is 5. The van der Waals surface area contributed by atoms with E-state index in [9.17, 15) is 8.42 Å². The van der Waals surface area contributed by atoms with E-state index in [-0.39, 0.29) is 36.3 Å². The average molecular weight is 578 g/mol. The summed E-state index contributed by atoms with van der Waals surface area (Å²) >= 11 is 1.78. The molecule has 3 N–H and O–H groups in total. The molecule has 0 radical (unpaired) electrons. The van der Waals surface area contributed by atoms with Crippen molar-refractivity contribution in [3.63, 3.8) is 0 Å². The minimum absolute atomic E-state index is 0. The molecule has 1 aliphatic heterocycles. The summed E-state index contributed by atoms with van der Waals surface area (Å²) in [5.41, 5.74) is 0.938.